The van der Waals surface area contributed by atoms with Crippen molar-refractivity contribution in [1.82, 2.24) is 19.1 Å². The lowest BCUT2D eigenvalue weighted by Gasteiger charge is -2.49. The Balaban J connectivity index is 1.36. The second-order valence-corrected chi connectivity index (χ2v) is 10.9. The van der Waals surface area contributed by atoms with Crippen LogP contribution in [0.1, 0.15) is 39.5 Å². The summed E-state index contributed by atoms with van der Waals surface area (Å²) in [6.07, 6.45) is 6.69. The topological polar surface area (TPSA) is 66.0 Å². The third-order valence-electron chi connectivity index (χ3n) is 6.97. The molecule has 0 aliphatic carbocycles. The average molecular weight is 423 g/mol. The van der Waals surface area contributed by atoms with E-state index in [1.165, 1.54) is 6.20 Å². The van der Waals surface area contributed by atoms with Gasteiger partial charge in [-0.3, -0.25) is 14.8 Å². The Labute approximate surface area is 175 Å². The maximum Gasteiger partial charge on any atom is 0.244 e. The first-order valence-electron chi connectivity index (χ1n) is 10.9. The molecule has 3 aliphatic rings. The quantitative estimate of drug-likeness (QED) is 0.737. The number of aromatic nitrogens is 1. The van der Waals surface area contributed by atoms with Crippen LogP contribution < -0.4 is 0 Å². The molecule has 3 fully saturated rings. The van der Waals surface area contributed by atoms with Crippen molar-refractivity contribution in [3.05, 3.63) is 24.5 Å². The smallest absolute Gasteiger partial charge is 0.244 e. The highest BCUT2D eigenvalue weighted by Crippen LogP contribution is 2.38. The Hall–Kier alpha value is -1.06. The fourth-order valence-electron chi connectivity index (χ4n) is 5.06. The van der Waals surface area contributed by atoms with Crippen LogP contribution in [0.5, 0.6) is 0 Å². The molecule has 162 valence electrons. The normalized spacial score (nSPS) is 27.5. The second-order valence-electron chi connectivity index (χ2n) is 8.94. The molecule has 0 amide bonds. The SMILES string of the molecule is CC(C)N1CCN([C@@H]2CCOC3(CCN(S(=O)(=O)c4cccnc4)CC3)C2)CC1. The van der Waals surface area contributed by atoms with Gasteiger partial charge in [0.25, 0.3) is 0 Å². The van der Waals surface area contributed by atoms with E-state index in [-0.39, 0.29) is 10.5 Å². The van der Waals surface area contributed by atoms with Crippen molar-refractivity contribution >= 4 is 10.0 Å². The average Bonchev–Trinajstić information content (AvgIpc) is 2.75. The molecule has 3 saturated heterocycles. The molecule has 0 saturated carbocycles. The van der Waals surface area contributed by atoms with Gasteiger partial charge in [-0.2, -0.15) is 4.31 Å². The molecule has 4 heterocycles. The van der Waals surface area contributed by atoms with Crippen molar-refractivity contribution in [2.75, 3.05) is 45.9 Å². The van der Waals surface area contributed by atoms with Crippen LogP contribution in [0.4, 0.5) is 0 Å². The van der Waals surface area contributed by atoms with E-state index in [2.05, 4.69) is 28.6 Å². The lowest BCUT2D eigenvalue weighted by Crippen LogP contribution is -2.58. The maximum atomic E-state index is 12.9. The first-order valence-corrected chi connectivity index (χ1v) is 12.4. The molecule has 29 heavy (non-hydrogen) atoms. The molecule has 1 aromatic heterocycles. The van der Waals surface area contributed by atoms with Crippen molar-refractivity contribution in [1.29, 1.82) is 0 Å². The number of sulfonamides is 1. The fraction of sp³-hybridized carbons (Fsp3) is 0.762. The van der Waals surface area contributed by atoms with Crippen molar-refractivity contribution in [2.45, 2.75) is 62.1 Å². The number of nitrogens with zero attached hydrogens (tertiary/aromatic N) is 4. The largest absolute Gasteiger partial charge is 0.375 e. The van der Waals surface area contributed by atoms with E-state index in [1.54, 1.807) is 22.6 Å². The zero-order chi connectivity index (χ0) is 20.5. The van der Waals surface area contributed by atoms with Gasteiger partial charge in [0.2, 0.25) is 10.0 Å². The van der Waals surface area contributed by atoms with Crippen LogP contribution in [0, 0.1) is 0 Å². The van der Waals surface area contributed by atoms with Crippen LogP contribution in [-0.4, -0.2) is 91.1 Å². The summed E-state index contributed by atoms with van der Waals surface area (Å²) < 4.78 is 33.7. The number of hydrogen-bond donors (Lipinski definition) is 0. The fourth-order valence-corrected chi connectivity index (χ4v) is 6.47. The molecule has 7 nitrogen and oxygen atoms in total. The van der Waals surface area contributed by atoms with Crippen LogP contribution in [0.3, 0.4) is 0 Å². The van der Waals surface area contributed by atoms with E-state index in [0.717, 1.165) is 58.5 Å². The van der Waals surface area contributed by atoms with Gasteiger partial charge in [-0.1, -0.05) is 0 Å². The van der Waals surface area contributed by atoms with Gasteiger partial charge >= 0.3 is 0 Å². The number of piperidine rings is 1. The van der Waals surface area contributed by atoms with E-state index in [9.17, 15) is 8.42 Å². The van der Waals surface area contributed by atoms with Gasteiger partial charge in [-0.15, -0.1) is 0 Å². The zero-order valence-corrected chi connectivity index (χ0v) is 18.5. The van der Waals surface area contributed by atoms with E-state index in [4.69, 9.17) is 4.74 Å². The van der Waals surface area contributed by atoms with Gasteiger partial charge in [0.15, 0.2) is 0 Å². The van der Waals surface area contributed by atoms with Crippen molar-refractivity contribution < 1.29 is 13.2 Å². The molecule has 1 atom stereocenters. The van der Waals surface area contributed by atoms with Crippen LogP contribution in [0.15, 0.2) is 29.4 Å². The highest BCUT2D eigenvalue weighted by Gasteiger charge is 2.44. The van der Waals surface area contributed by atoms with Gasteiger partial charge in [-0.05, 0) is 51.7 Å². The Morgan fingerprint density at radius 2 is 1.86 bits per heavy atom. The summed E-state index contributed by atoms with van der Waals surface area (Å²) in [5.74, 6) is 0. The Kier molecular flexibility index (Phi) is 6.27. The molecular weight excluding hydrogens is 388 g/mol. The summed E-state index contributed by atoms with van der Waals surface area (Å²) in [5.41, 5.74) is -0.168. The summed E-state index contributed by atoms with van der Waals surface area (Å²) in [5, 5.41) is 0. The highest BCUT2D eigenvalue weighted by atomic mass is 32.2. The van der Waals surface area contributed by atoms with Crippen molar-refractivity contribution in [3.8, 4) is 0 Å². The van der Waals surface area contributed by atoms with Crippen LogP contribution in [-0.2, 0) is 14.8 Å². The summed E-state index contributed by atoms with van der Waals surface area (Å²) in [6, 6.07) is 4.46. The minimum absolute atomic E-state index is 0.168. The molecule has 3 aliphatic heterocycles. The van der Waals surface area contributed by atoms with Gasteiger partial charge < -0.3 is 4.74 Å². The van der Waals surface area contributed by atoms with E-state index in [1.807, 2.05) is 0 Å². The number of hydrogen-bond acceptors (Lipinski definition) is 6. The Bertz CT molecular complexity index is 770. The van der Waals surface area contributed by atoms with Crippen LogP contribution in [0.2, 0.25) is 0 Å². The zero-order valence-electron chi connectivity index (χ0n) is 17.7. The molecule has 1 spiro atoms. The predicted molar refractivity (Wildman–Crippen MR) is 112 cm³/mol. The number of ether oxygens (including phenoxy) is 1. The molecule has 0 N–H and O–H groups in total. The first-order chi connectivity index (χ1) is 13.9. The lowest BCUT2D eigenvalue weighted by atomic mass is 9.82. The first kappa shape index (κ1) is 21.2. The van der Waals surface area contributed by atoms with E-state index in [0.29, 0.717) is 25.2 Å². The maximum absolute atomic E-state index is 12.9. The summed E-state index contributed by atoms with van der Waals surface area (Å²) in [4.78, 5) is 9.44. The monoisotopic (exact) mass is 422 g/mol. The molecule has 0 bridgehead atoms. The Morgan fingerprint density at radius 3 is 2.48 bits per heavy atom. The second kappa shape index (κ2) is 8.59. The molecule has 4 rings (SSSR count). The molecule has 0 unspecified atom stereocenters. The van der Waals surface area contributed by atoms with Crippen LogP contribution in [0.25, 0.3) is 0 Å². The third-order valence-corrected chi connectivity index (χ3v) is 8.85. The molecule has 0 radical (unpaired) electrons. The van der Waals surface area contributed by atoms with E-state index >= 15 is 0 Å². The van der Waals surface area contributed by atoms with Gasteiger partial charge in [0.05, 0.1) is 5.60 Å². The Morgan fingerprint density at radius 1 is 1.14 bits per heavy atom. The molecular formula is C21H34N4O3S. The van der Waals surface area contributed by atoms with Crippen molar-refractivity contribution in [2.24, 2.45) is 0 Å². The van der Waals surface area contributed by atoms with Crippen LogP contribution >= 0.6 is 0 Å². The predicted octanol–water partition coefficient (Wildman–Crippen LogP) is 1.81. The van der Waals surface area contributed by atoms with Gasteiger partial charge in [-0.25, -0.2) is 8.42 Å². The highest BCUT2D eigenvalue weighted by molar-refractivity contribution is 7.89. The molecule has 8 heteroatoms. The minimum Gasteiger partial charge on any atom is -0.375 e. The number of piperazine rings is 1. The molecule has 0 aromatic carbocycles. The van der Waals surface area contributed by atoms with Gasteiger partial charge in [0, 0.05) is 70.4 Å². The lowest BCUT2D eigenvalue weighted by molar-refractivity contribution is -0.130. The number of pyridine rings is 1. The minimum atomic E-state index is -3.47. The standard InChI is InChI=1S/C21H34N4O3S/c1-18(2)23-11-13-24(14-12-23)19-5-15-28-21(16-19)6-9-25(10-7-21)29(26,27)20-4-3-8-22-17-20/h3-4,8,17-19H,5-7,9-16H2,1-2H3/t19-/m1/s1. The van der Waals surface area contributed by atoms with Crippen molar-refractivity contribution in [3.63, 3.8) is 0 Å². The summed E-state index contributed by atoms with van der Waals surface area (Å²) in [7, 11) is -3.47. The number of rotatable bonds is 4. The molecule has 1 aromatic rings. The van der Waals surface area contributed by atoms with Gasteiger partial charge in [0.1, 0.15) is 4.90 Å². The summed E-state index contributed by atoms with van der Waals surface area (Å²) in [6.45, 7) is 10.9. The third kappa shape index (κ3) is 4.51. The summed E-state index contributed by atoms with van der Waals surface area (Å²) >= 11 is 0. The van der Waals surface area contributed by atoms with E-state index < -0.39 is 10.0 Å².